The maximum Gasteiger partial charge on any atom is 0.334 e. The Balaban J connectivity index is 4.82. The van der Waals surface area contributed by atoms with Crippen molar-refractivity contribution in [2.45, 2.75) is 47.0 Å². The van der Waals surface area contributed by atoms with Gasteiger partial charge in [0.1, 0.15) is 0 Å². The van der Waals surface area contributed by atoms with Crippen molar-refractivity contribution in [3.05, 3.63) is 11.1 Å². The fraction of sp³-hybridized carbons (Fsp3) is 0.667. The predicted molar refractivity (Wildman–Crippen MR) is 76.5 cm³/mol. The van der Waals surface area contributed by atoms with Gasteiger partial charge in [-0.3, -0.25) is 4.79 Å². The average molecular weight is 300 g/mol. The zero-order valence-electron chi connectivity index (χ0n) is 13.2. The van der Waals surface area contributed by atoms with Crippen LogP contribution >= 0.6 is 0 Å². The molecule has 0 amide bonds. The molecule has 0 bridgehead atoms. The van der Waals surface area contributed by atoms with E-state index in [0.29, 0.717) is 13.0 Å². The van der Waals surface area contributed by atoms with Gasteiger partial charge in [0.05, 0.1) is 19.8 Å². The van der Waals surface area contributed by atoms with Crippen molar-refractivity contribution in [2.75, 3.05) is 19.8 Å². The lowest BCUT2D eigenvalue weighted by molar-refractivity contribution is -0.143. The summed E-state index contributed by atoms with van der Waals surface area (Å²) in [5, 5.41) is 0. The van der Waals surface area contributed by atoms with E-state index in [0.717, 1.165) is 0 Å². The van der Waals surface area contributed by atoms with E-state index in [4.69, 9.17) is 14.2 Å². The van der Waals surface area contributed by atoms with Gasteiger partial charge in [0, 0.05) is 17.6 Å². The largest absolute Gasteiger partial charge is 0.466 e. The van der Waals surface area contributed by atoms with Gasteiger partial charge < -0.3 is 14.2 Å². The number of rotatable bonds is 9. The van der Waals surface area contributed by atoms with Crippen LogP contribution in [0.2, 0.25) is 0 Å². The summed E-state index contributed by atoms with van der Waals surface area (Å²) < 4.78 is 14.6. The van der Waals surface area contributed by atoms with E-state index < -0.39 is 11.9 Å². The fourth-order valence-electron chi connectivity index (χ4n) is 1.67. The predicted octanol–water partition coefficient (Wildman–Crippen LogP) is 2.16. The molecule has 6 heteroatoms. The van der Waals surface area contributed by atoms with Crippen molar-refractivity contribution in [3.63, 3.8) is 0 Å². The first kappa shape index (κ1) is 19.1. The van der Waals surface area contributed by atoms with E-state index in [1.807, 2.05) is 0 Å². The molecule has 0 aromatic heterocycles. The number of carbonyl (C=O) groups excluding carboxylic acids is 3. The van der Waals surface area contributed by atoms with Crippen LogP contribution in [0.5, 0.6) is 0 Å². The third-order valence-electron chi connectivity index (χ3n) is 2.67. The van der Waals surface area contributed by atoms with Gasteiger partial charge in [0.25, 0.3) is 0 Å². The maximum atomic E-state index is 11.9. The fourth-order valence-corrected chi connectivity index (χ4v) is 1.67. The molecule has 0 aliphatic rings. The Kier molecular flexibility index (Phi) is 9.92. The highest BCUT2D eigenvalue weighted by Crippen LogP contribution is 2.16. The van der Waals surface area contributed by atoms with Crippen molar-refractivity contribution in [2.24, 2.45) is 0 Å². The summed E-state index contributed by atoms with van der Waals surface area (Å²) in [7, 11) is 0. The van der Waals surface area contributed by atoms with Gasteiger partial charge in [0.2, 0.25) is 0 Å². The van der Waals surface area contributed by atoms with E-state index in [2.05, 4.69) is 0 Å². The zero-order chi connectivity index (χ0) is 16.3. The average Bonchev–Trinajstić information content (AvgIpc) is 2.43. The molecular formula is C15H24O6. The lowest BCUT2D eigenvalue weighted by Gasteiger charge is -2.11. The Bertz CT molecular complexity index is 397. The van der Waals surface area contributed by atoms with Gasteiger partial charge in [-0.25, -0.2) is 9.59 Å². The topological polar surface area (TPSA) is 78.9 Å². The molecule has 0 aromatic rings. The number of hydrogen-bond acceptors (Lipinski definition) is 6. The molecule has 0 saturated carbocycles. The van der Waals surface area contributed by atoms with Crippen molar-refractivity contribution in [3.8, 4) is 0 Å². The summed E-state index contributed by atoms with van der Waals surface area (Å²) in [4.78, 5) is 34.9. The summed E-state index contributed by atoms with van der Waals surface area (Å²) in [6.45, 7) is 7.40. The second-order valence-electron chi connectivity index (χ2n) is 4.20. The highest BCUT2D eigenvalue weighted by atomic mass is 16.5. The molecule has 0 radical (unpaired) electrons. The molecule has 0 spiro atoms. The number of ether oxygens (including phenoxy) is 3. The second-order valence-corrected chi connectivity index (χ2v) is 4.20. The van der Waals surface area contributed by atoms with E-state index in [9.17, 15) is 14.4 Å². The highest BCUT2D eigenvalue weighted by Gasteiger charge is 2.19. The van der Waals surface area contributed by atoms with Gasteiger partial charge in [-0.05, 0) is 40.5 Å². The van der Waals surface area contributed by atoms with Crippen LogP contribution < -0.4 is 0 Å². The first-order valence-corrected chi connectivity index (χ1v) is 7.17. The lowest BCUT2D eigenvalue weighted by atomic mass is 10.0. The molecule has 0 saturated heterocycles. The third-order valence-corrected chi connectivity index (χ3v) is 2.67. The molecule has 0 N–H and O–H groups in total. The Morgan fingerprint density at radius 3 is 1.81 bits per heavy atom. The SMILES string of the molecule is CCOC(=O)CCC/C(C(=O)OCC)=C(\C)C(=O)OCC. The number of carbonyl (C=O) groups is 3. The molecular weight excluding hydrogens is 276 g/mol. The number of hydrogen-bond donors (Lipinski definition) is 0. The first-order chi connectivity index (χ1) is 9.97. The minimum Gasteiger partial charge on any atom is -0.466 e. The van der Waals surface area contributed by atoms with Crippen LogP contribution in [0.3, 0.4) is 0 Å². The van der Waals surface area contributed by atoms with Crippen molar-refractivity contribution in [1.29, 1.82) is 0 Å². The Morgan fingerprint density at radius 1 is 0.762 bits per heavy atom. The molecule has 0 fully saturated rings. The molecule has 120 valence electrons. The van der Waals surface area contributed by atoms with Crippen molar-refractivity contribution < 1.29 is 28.6 Å². The Labute approximate surface area is 125 Å². The standard InChI is InChI=1S/C15H24O6/c1-5-19-13(16)10-8-9-12(15(18)21-7-3)11(4)14(17)20-6-2/h5-10H2,1-4H3/b12-11-. The molecule has 0 aliphatic heterocycles. The van der Waals surface area contributed by atoms with Gasteiger partial charge in [-0.2, -0.15) is 0 Å². The highest BCUT2D eigenvalue weighted by molar-refractivity contribution is 6.00. The molecule has 0 aromatic carbocycles. The van der Waals surface area contributed by atoms with Gasteiger partial charge in [-0.1, -0.05) is 0 Å². The van der Waals surface area contributed by atoms with Crippen LogP contribution in [0.25, 0.3) is 0 Å². The van der Waals surface area contributed by atoms with E-state index in [1.165, 1.54) is 6.92 Å². The monoisotopic (exact) mass is 300 g/mol. The van der Waals surface area contributed by atoms with Gasteiger partial charge in [-0.15, -0.1) is 0 Å². The molecule has 0 heterocycles. The maximum absolute atomic E-state index is 11.9. The summed E-state index contributed by atoms with van der Waals surface area (Å²) >= 11 is 0. The molecule has 21 heavy (non-hydrogen) atoms. The van der Waals surface area contributed by atoms with Crippen molar-refractivity contribution >= 4 is 17.9 Å². The first-order valence-electron chi connectivity index (χ1n) is 7.17. The van der Waals surface area contributed by atoms with Crippen LogP contribution in [-0.2, 0) is 28.6 Å². The second kappa shape index (κ2) is 10.9. The van der Waals surface area contributed by atoms with Crippen LogP contribution in [0.4, 0.5) is 0 Å². The quantitative estimate of drug-likeness (QED) is 0.369. The summed E-state index contributed by atoms with van der Waals surface area (Å²) in [6.07, 6.45) is 0.860. The minimum atomic E-state index is -0.549. The minimum absolute atomic E-state index is 0.187. The van der Waals surface area contributed by atoms with Crippen molar-refractivity contribution in [1.82, 2.24) is 0 Å². The van der Waals surface area contributed by atoms with E-state index >= 15 is 0 Å². The van der Waals surface area contributed by atoms with Gasteiger partial charge in [0.15, 0.2) is 0 Å². The summed E-state index contributed by atoms with van der Waals surface area (Å²) in [5.41, 5.74) is 0.471. The summed E-state index contributed by atoms with van der Waals surface area (Å²) in [5.74, 6) is -1.42. The third kappa shape index (κ3) is 7.48. The summed E-state index contributed by atoms with van der Waals surface area (Å²) in [6, 6.07) is 0. The Morgan fingerprint density at radius 2 is 1.29 bits per heavy atom. The Hall–Kier alpha value is -1.85. The molecule has 0 atom stereocenters. The van der Waals surface area contributed by atoms with Gasteiger partial charge >= 0.3 is 17.9 Å². The molecule has 0 aliphatic carbocycles. The lowest BCUT2D eigenvalue weighted by Crippen LogP contribution is -2.16. The van der Waals surface area contributed by atoms with Crippen LogP contribution in [-0.4, -0.2) is 37.7 Å². The van der Waals surface area contributed by atoms with Crippen LogP contribution in [0.15, 0.2) is 11.1 Å². The number of esters is 3. The zero-order valence-corrected chi connectivity index (χ0v) is 13.2. The normalized spacial score (nSPS) is 11.4. The molecule has 0 unspecified atom stereocenters. The van der Waals surface area contributed by atoms with E-state index in [-0.39, 0.29) is 43.2 Å². The molecule has 6 nitrogen and oxygen atoms in total. The van der Waals surface area contributed by atoms with Crippen LogP contribution in [0.1, 0.15) is 47.0 Å². The molecule has 0 rings (SSSR count). The van der Waals surface area contributed by atoms with E-state index in [1.54, 1.807) is 20.8 Å². The smallest absolute Gasteiger partial charge is 0.334 e. The van der Waals surface area contributed by atoms with Crippen LogP contribution in [0, 0.1) is 0 Å².